The number of aromatic amines is 1. The third kappa shape index (κ3) is 3.23. The molecule has 0 aliphatic rings. The summed E-state index contributed by atoms with van der Waals surface area (Å²) in [4.78, 5) is 25.6. The van der Waals surface area contributed by atoms with Gasteiger partial charge in [0.1, 0.15) is 6.29 Å². The second-order valence-corrected chi connectivity index (χ2v) is 4.42. The van der Waals surface area contributed by atoms with Gasteiger partial charge in [-0.3, -0.25) is 9.59 Å². The number of aldehydes is 1. The number of carbonyl (C=O) groups is 2. The first-order valence-electron chi connectivity index (χ1n) is 6.37. The van der Waals surface area contributed by atoms with Gasteiger partial charge in [-0.25, -0.2) is 0 Å². The Labute approximate surface area is 117 Å². The number of rotatable bonds is 5. The van der Waals surface area contributed by atoms with E-state index in [0.717, 1.165) is 11.3 Å². The maximum absolute atomic E-state index is 12.2. The Hall–Kier alpha value is -2.62. The monoisotopic (exact) mass is 268 g/mol. The number of hydrogen-bond acceptors (Lipinski definition) is 2. The molecule has 0 aliphatic heterocycles. The van der Waals surface area contributed by atoms with E-state index in [1.165, 1.54) is 6.08 Å². The number of para-hydroxylation sites is 1. The first kappa shape index (κ1) is 13.8. The summed E-state index contributed by atoms with van der Waals surface area (Å²) in [5.74, 6) is -0.368. The minimum atomic E-state index is -0.270. The van der Waals surface area contributed by atoms with Gasteiger partial charge in [-0.15, -0.1) is 0 Å². The Bertz CT molecular complexity index is 615. The fraction of sp³-hybridized carbons (Fsp3) is 0.125. The van der Waals surface area contributed by atoms with Crippen molar-refractivity contribution in [2.24, 2.45) is 0 Å². The van der Waals surface area contributed by atoms with Gasteiger partial charge < -0.3 is 10.3 Å². The molecule has 1 unspecified atom stereocenters. The number of anilines is 1. The van der Waals surface area contributed by atoms with Crippen molar-refractivity contribution in [3.05, 3.63) is 59.9 Å². The van der Waals surface area contributed by atoms with E-state index >= 15 is 0 Å². The van der Waals surface area contributed by atoms with Crippen LogP contribution in [0.3, 0.4) is 0 Å². The number of hydrogen-bond donors (Lipinski definition) is 2. The molecular weight excluding hydrogens is 252 g/mol. The SMILES string of the molecule is CC(C(=O)Nc1ccccc1/C=C/C=O)c1ccc[nH]1. The standard InChI is InChI=1S/C16H16N2O2/c1-12(14-9-4-10-17-14)16(20)18-15-8-3-2-6-13(15)7-5-11-19/h2-12,17H,1H3,(H,18,20)/b7-5+. The number of carbonyl (C=O) groups excluding carboxylic acids is 2. The molecule has 102 valence electrons. The average Bonchev–Trinajstić information content (AvgIpc) is 2.99. The first-order valence-corrected chi connectivity index (χ1v) is 6.37. The molecule has 1 aromatic carbocycles. The van der Waals surface area contributed by atoms with Gasteiger partial charge in [0, 0.05) is 17.6 Å². The normalized spacial score (nSPS) is 12.2. The van der Waals surface area contributed by atoms with Gasteiger partial charge in [0.25, 0.3) is 0 Å². The number of allylic oxidation sites excluding steroid dienone is 1. The highest BCUT2D eigenvalue weighted by Gasteiger charge is 2.16. The molecule has 0 saturated carbocycles. The van der Waals surface area contributed by atoms with E-state index in [4.69, 9.17) is 0 Å². The summed E-state index contributed by atoms with van der Waals surface area (Å²) < 4.78 is 0. The molecule has 0 spiro atoms. The Morgan fingerprint density at radius 2 is 2.05 bits per heavy atom. The summed E-state index contributed by atoms with van der Waals surface area (Å²) >= 11 is 0. The Morgan fingerprint density at radius 1 is 1.25 bits per heavy atom. The zero-order valence-corrected chi connectivity index (χ0v) is 11.2. The number of H-pyrrole nitrogens is 1. The fourth-order valence-corrected chi connectivity index (χ4v) is 1.89. The van der Waals surface area contributed by atoms with Gasteiger partial charge in [0.2, 0.25) is 5.91 Å². The zero-order chi connectivity index (χ0) is 14.4. The average molecular weight is 268 g/mol. The van der Waals surface area contributed by atoms with Crippen LogP contribution in [0.15, 0.2) is 48.7 Å². The molecule has 0 saturated heterocycles. The van der Waals surface area contributed by atoms with Crippen LogP contribution >= 0.6 is 0 Å². The number of benzene rings is 1. The molecule has 2 rings (SSSR count). The second kappa shape index (κ2) is 6.52. The molecule has 0 radical (unpaired) electrons. The van der Waals surface area contributed by atoms with Crippen LogP contribution in [0.25, 0.3) is 6.08 Å². The summed E-state index contributed by atoms with van der Waals surface area (Å²) in [6.45, 7) is 1.84. The van der Waals surface area contributed by atoms with Crippen LogP contribution < -0.4 is 5.32 Å². The third-order valence-corrected chi connectivity index (χ3v) is 3.05. The predicted molar refractivity (Wildman–Crippen MR) is 79.4 cm³/mol. The van der Waals surface area contributed by atoms with E-state index in [-0.39, 0.29) is 11.8 Å². The molecular formula is C16H16N2O2. The molecule has 0 fully saturated rings. The summed E-state index contributed by atoms with van der Waals surface area (Å²) in [5, 5.41) is 2.88. The van der Waals surface area contributed by atoms with Crippen molar-refractivity contribution >= 4 is 24.0 Å². The lowest BCUT2D eigenvalue weighted by Gasteiger charge is -2.12. The summed E-state index contributed by atoms with van der Waals surface area (Å²) in [5.41, 5.74) is 2.35. The van der Waals surface area contributed by atoms with Gasteiger partial charge in [-0.1, -0.05) is 18.2 Å². The van der Waals surface area contributed by atoms with Crippen LogP contribution in [0.4, 0.5) is 5.69 Å². The zero-order valence-electron chi connectivity index (χ0n) is 11.2. The summed E-state index contributed by atoms with van der Waals surface area (Å²) in [6, 6.07) is 11.1. The van der Waals surface area contributed by atoms with Crippen LogP contribution in [-0.4, -0.2) is 17.2 Å². The Morgan fingerprint density at radius 3 is 2.75 bits per heavy atom. The van der Waals surface area contributed by atoms with Crippen molar-refractivity contribution in [2.75, 3.05) is 5.32 Å². The number of amides is 1. The van der Waals surface area contributed by atoms with Crippen molar-refractivity contribution in [1.29, 1.82) is 0 Å². The van der Waals surface area contributed by atoms with Gasteiger partial charge in [-0.2, -0.15) is 0 Å². The van der Waals surface area contributed by atoms with Crippen molar-refractivity contribution in [2.45, 2.75) is 12.8 Å². The van der Waals surface area contributed by atoms with Gasteiger partial charge in [0.15, 0.2) is 0 Å². The highest BCUT2D eigenvalue weighted by molar-refractivity contribution is 5.97. The van der Waals surface area contributed by atoms with E-state index in [1.54, 1.807) is 12.3 Å². The van der Waals surface area contributed by atoms with E-state index < -0.39 is 0 Å². The third-order valence-electron chi connectivity index (χ3n) is 3.05. The van der Waals surface area contributed by atoms with Crippen LogP contribution in [-0.2, 0) is 9.59 Å². The maximum atomic E-state index is 12.2. The lowest BCUT2D eigenvalue weighted by atomic mass is 10.1. The molecule has 2 aromatic rings. The largest absolute Gasteiger partial charge is 0.364 e. The molecule has 2 N–H and O–H groups in total. The number of nitrogens with one attached hydrogen (secondary N) is 2. The molecule has 1 atom stereocenters. The Kier molecular flexibility index (Phi) is 4.50. The van der Waals surface area contributed by atoms with E-state index in [9.17, 15) is 9.59 Å². The van der Waals surface area contributed by atoms with Crippen LogP contribution in [0.5, 0.6) is 0 Å². The fourth-order valence-electron chi connectivity index (χ4n) is 1.89. The van der Waals surface area contributed by atoms with Gasteiger partial charge >= 0.3 is 0 Å². The minimum absolute atomic E-state index is 0.0978. The molecule has 1 aromatic heterocycles. The smallest absolute Gasteiger partial charge is 0.233 e. The molecule has 4 nitrogen and oxygen atoms in total. The van der Waals surface area contributed by atoms with Crippen molar-refractivity contribution in [3.63, 3.8) is 0 Å². The molecule has 1 amide bonds. The summed E-state index contributed by atoms with van der Waals surface area (Å²) in [6.07, 6.45) is 5.57. The molecule has 0 aliphatic carbocycles. The molecule has 0 bridgehead atoms. The van der Waals surface area contributed by atoms with Gasteiger partial charge in [0.05, 0.1) is 5.92 Å². The molecule has 20 heavy (non-hydrogen) atoms. The minimum Gasteiger partial charge on any atom is -0.364 e. The molecule has 1 heterocycles. The van der Waals surface area contributed by atoms with E-state index in [2.05, 4.69) is 10.3 Å². The van der Waals surface area contributed by atoms with Crippen LogP contribution in [0, 0.1) is 0 Å². The van der Waals surface area contributed by atoms with Crippen LogP contribution in [0.2, 0.25) is 0 Å². The van der Waals surface area contributed by atoms with Crippen LogP contribution in [0.1, 0.15) is 24.1 Å². The second-order valence-electron chi connectivity index (χ2n) is 4.42. The van der Waals surface area contributed by atoms with Crippen molar-refractivity contribution in [3.8, 4) is 0 Å². The highest BCUT2D eigenvalue weighted by Crippen LogP contribution is 2.20. The van der Waals surface area contributed by atoms with E-state index in [0.29, 0.717) is 12.0 Å². The number of aromatic nitrogens is 1. The van der Waals surface area contributed by atoms with Crippen molar-refractivity contribution < 1.29 is 9.59 Å². The molecule has 4 heteroatoms. The topological polar surface area (TPSA) is 62.0 Å². The van der Waals surface area contributed by atoms with E-state index in [1.807, 2.05) is 43.3 Å². The maximum Gasteiger partial charge on any atom is 0.233 e. The predicted octanol–water partition coefficient (Wildman–Crippen LogP) is 2.97. The first-order chi connectivity index (χ1) is 9.72. The quantitative estimate of drug-likeness (QED) is 0.647. The Balaban J connectivity index is 2.15. The lowest BCUT2D eigenvalue weighted by Crippen LogP contribution is -2.19. The van der Waals surface area contributed by atoms with Crippen molar-refractivity contribution in [1.82, 2.24) is 4.98 Å². The summed E-state index contributed by atoms with van der Waals surface area (Å²) in [7, 11) is 0. The lowest BCUT2D eigenvalue weighted by molar-refractivity contribution is -0.117. The van der Waals surface area contributed by atoms with Gasteiger partial charge in [-0.05, 0) is 42.8 Å². The highest BCUT2D eigenvalue weighted by atomic mass is 16.1.